The van der Waals surface area contributed by atoms with Gasteiger partial charge >= 0.3 is 0 Å². The molecule has 1 aromatic carbocycles. The van der Waals surface area contributed by atoms with Gasteiger partial charge in [-0.05, 0) is 37.1 Å². The zero-order valence-corrected chi connectivity index (χ0v) is 14.4. The maximum atomic E-state index is 12.4. The Morgan fingerprint density at radius 1 is 1.35 bits per heavy atom. The zero-order valence-electron chi connectivity index (χ0n) is 13.6. The van der Waals surface area contributed by atoms with Gasteiger partial charge in [0.05, 0.1) is 17.3 Å². The van der Waals surface area contributed by atoms with Crippen molar-refractivity contribution in [2.75, 3.05) is 18.5 Å². The topological polar surface area (TPSA) is 71.5 Å². The van der Waals surface area contributed by atoms with Gasteiger partial charge in [-0.25, -0.2) is 4.98 Å². The van der Waals surface area contributed by atoms with Crippen LogP contribution in [0.2, 0.25) is 0 Å². The predicted octanol–water partition coefficient (Wildman–Crippen LogP) is 3.27. The van der Waals surface area contributed by atoms with Crippen molar-refractivity contribution in [1.82, 2.24) is 4.98 Å². The first-order valence-corrected chi connectivity index (χ1v) is 8.42. The molecule has 0 saturated carbocycles. The molecule has 0 fully saturated rings. The van der Waals surface area contributed by atoms with Crippen molar-refractivity contribution in [3.63, 3.8) is 0 Å². The average molecular weight is 334 g/mol. The van der Waals surface area contributed by atoms with E-state index < -0.39 is 0 Å². The molecule has 0 aliphatic carbocycles. The number of nitrogens with one attached hydrogen (secondary N) is 1. The second-order valence-corrected chi connectivity index (χ2v) is 6.75. The minimum absolute atomic E-state index is 0.0259. The number of carbonyl (C=O) groups is 1. The average Bonchev–Trinajstić information content (AvgIpc) is 2.86. The fraction of sp³-hybridized carbons (Fsp3) is 0.412. The van der Waals surface area contributed by atoms with E-state index in [4.69, 9.17) is 9.84 Å². The molecule has 0 aliphatic heterocycles. The Hall–Kier alpha value is -1.92. The molecule has 0 aliphatic rings. The number of ether oxygens (including phenoxy) is 1. The molecule has 1 aromatic heterocycles. The summed E-state index contributed by atoms with van der Waals surface area (Å²) in [5.41, 5.74) is 1.47. The van der Waals surface area contributed by atoms with Gasteiger partial charge in [0.2, 0.25) is 0 Å². The Morgan fingerprint density at radius 2 is 2.04 bits per heavy atom. The minimum atomic E-state index is -0.140. The summed E-state index contributed by atoms with van der Waals surface area (Å²) in [5.74, 6) is 1.03. The number of carbonyl (C=O) groups excluding carboxylic acids is 1. The largest absolute Gasteiger partial charge is 0.491 e. The summed E-state index contributed by atoms with van der Waals surface area (Å²) in [4.78, 5) is 17.5. The molecule has 124 valence electrons. The molecule has 2 rings (SSSR count). The second kappa shape index (κ2) is 8.08. The van der Waals surface area contributed by atoms with Crippen LogP contribution in [0.25, 0.3) is 0 Å². The van der Waals surface area contributed by atoms with Gasteiger partial charge < -0.3 is 15.2 Å². The molecule has 0 spiro atoms. The van der Waals surface area contributed by atoms with E-state index >= 15 is 0 Å². The van der Waals surface area contributed by atoms with E-state index in [1.54, 1.807) is 24.3 Å². The molecule has 2 N–H and O–H groups in total. The number of amides is 1. The van der Waals surface area contributed by atoms with Crippen LogP contribution in [0.4, 0.5) is 5.69 Å². The zero-order chi connectivity index (χ0) is 16.8. The Balaban J connectivity index is 2.02. The highest BCUT2D eigenvalue weighted by molar-refractivity contribution is 7.13. The Kier molecular flexibility index (Phi) is 6.12. The monoisotopic (exact) mass is 334 g/mol. The van der Waals surface area contributed by atoms with Gasteiger partial charge in [-0.1, -0.05) is 13.8 Å². The molecule has 23 heavy (non-hydrogen) atoms. The summed E-state index contributed by atoms with van der Waals surface area (Å²) < 4.78 is 5.29. The third-order valence-corrected chi connectivity index (χ3v) is 4.28. The summed E-state index contributed by atoms with van der Waals surface area (Å²) in [6.45, 7) is 6.36. The molecule has 5 nitrogen and oxygen atoms in total. The summed E-state index contributed by atoms with van der Waals surface area (Å²) in [7, 11) is 0. The van der Waals surface area contributed by atoms with E-state index in [0.29, 0.717) is 22.2 Å². The maximum absolute atomic E-state index is 12.4. The highest BCUT2D eigenvalue weighted by atomic mass is 32.1. The number of aliphatic hydroxyl groups excluding tert-OH is 1. The molecule has 0 atom stereocenters. The van der Waals surface area contributed by atoms with Gasteiger partial charge in [0.15, 0.2) is 0 Å². The molecule has 0 radical (unpaired) electrons. The van der Waals surface area contributed by atoms with Gasteiger partial charge in [0.25, 0.3) is 5.91 Å². The second-order valence-electron chi connectivity index (χ2n) is 5.67. The Morgan fingerprint density at radius 3 is 2.65 bits per heavy atom. The summed E-state index contributed by atoms with van der Waals surface area (Å²) in [5, 5.41) is 12.6. The number of rotatable bonds is 7. The third-order valence-electron chi connectivity index (χ3n) is 3.10. The lowest BCUT2D eigenvalue weighted by Crippen LogP contribution is -2.11. The van der Waals surface area contributed by atoms with Crippen molar-refractivity contribution < 1.29 is 14.6 Å². The van der Waals surface area contributed by atoms with Gasteiger partial charge in [0.1, 0.15) is 17.2 Å². The lowest BCUT2D eigenvalue weighted by Gasteiger charge is -2.07. The van der Waals surface area contributed by atoms with Crippen molar-refractivity contribution in [1.29, 1.82) is 0 Å². The molecule has 1 heterocycles. The van der Waals surface area contributed by atoms with Gasteiger partial charge in [-0.3, -0.25) is 4.79 Å². The summed E-state index contributed by atoms with van der Waals surface area (Å²) >= 11 is 1.45. The van der Waals surface area contributed by atoms with E-state index in [2.05, 4.69) is 24.1 Å². The first-order valence-electron chi connectivity index (χ1n) is 7.61. The predicted molar refractivity (Wildman–Crippen MR) is 92.4 cm³/mol. The molecule has 1 amide bonds. The first kappa shape index (κ1) is 17.4. The van der Waals surface area contributed by atoms with Gasteiger partial charge in [0, 0.05) is 12.1 Å². The van der Waals surface area contributed by atoms with E-state index in [1.165, 1.54) is 11.3 Å². The van der Waals surface area contributed by atoms with Crippen molar-refractivity contribution in [2.45, 2.75) is 27.2 Å². The highest BCUT2D eigenvalue weighted by Crippen LogP contribution is 2.23. The van der Waals surface area contributed by atoms with Crippen LogP contribution in [-0.4, -0.2) is 29.2 Å². The molecule has 0 unspecified atom stereocenters. The van der Waals surface area contributed by atoms with Crippen molar-refractivity contribution in [3.05, 3.63) is 39.8 Å². The van der Waals surface area contributed by atoms with E-state index in [9.17, 15) is 4.79 Å². The van der Waals surface area contributed by atoms with Crippen LogP contribution in [0.1, 0.15) is 34.2 Å². The normalized spacial score (nSPS) is 10.8. The number of anilines is 1. The van der Waals surface area contributed by atoms with Gasteiger partial charge in [-0.2, -0.15) is 0 Å². The molecule has 0 saturated heterocycles. The quantitative estimate of drug-likeness (QED) is 0.815. The van der Waals surface area contributed by atoms with E-state index in [-0.39, 0.29) is 19.1 Å². The van der Waals surface area contributed by atoms with Crippen LogP contribution >= 0.6 is 11.3 Å². The highest BCUT2D eigenvalue weighted by Gasteiger charge is 2.16. The standard InChI is InChI=1S/C17H22N2O3S/c1-11(2)10-15-18-12(3)16(23-15)17(21)19-13-4-6-14(7-5-13)22-9-8-20/h4-7,11,20H,8-10H2,1-3H3,(H,19,21). The Bertz CT molecular complexity index is 650. The fourth-order valence-electron chi connectivity index (χ4n) is 2.09. The third kappa shape index (κ3) is 5.04. The number of aryl methyl sites for hydroxylation is 1. The van der Waals surface area contributed by atoms with Crippen LogP contribution < -0.4 is 10.1 Å². The van der Waals surface area contributed by atoms with E-state index in [0.717, 1.165) is 17.1 Å². The number of thiazole rings is 1. The molecule has 0 bridgehead atoms. The van der Waals surface area contributed by atoms with Crippen LogP contribution in [0, 0.1) is 12.8 Å². The Labute approximate surface area is 140 Å². The number of aliphatic hydroxyl groups is 1. The smallest absolute Gasteiger partial charge is 0.267 e. The number of hydrogen-bond acceptors (Lipinski definition) is 5. The number of benzene rings is 1. The first-order chi connectivity index (χ1) is 11.0. The van der Waals surface area contributed by atoms with Crippen molar-refractivity contribution in [3.8, 4) is 5.75 Å². The molecule has 2 aromatic rings. The lowest BCUT2D eigenvalue weighted by atomic mass is 10.1. The van der Waals surface area contributed by atoms with E-state index in [1.807, 2.05) is 6.92 Å². The van der Waals surface area contributed by atoms with Crippen LogP contribution in [0.15, 0.2) is 24.3 Å². The number of aromatic nitrogens is 1. The number of hydrogen-bond donors (Lipinski definition) is 2. The summed E-state index contributed by atoms with van der Waals surface area (Å²) in [6.07, 6.45) is 0.885. The minimum Gasteiger partial charge on any atom is -0.491 e. The summed E-state index contributed by atoms with van der Waals surface area (Å²) in [6, 6.07) is 7.07. The van der Waals surface area contributed by atoms with Gasteiger partial charge in [-0.15, -0.1) is 11.3 Å². The SMILES string of the molecule is Cc1nc(CC(C)C)sc1C(=O)Nc1ccc(OCCO)cc1. The fourth-order valence-corrected chi connectivity index (χ4v) is 3.26. The van der Waals surface area contributed by atoms with Crippen LogP contribution in [0.5, 0.6) is 5.75 Å². The van der Waals surface area contributed by atoms with Crippen LogP contribution in [-0.2, 0) is 6.42 Å². The molecular weight excluding hydrogens is 312 g/mol. The van der Waals surface area contributed by atoms with Crippen molar-refractivity contribution >= 4 is 22.9 Å². The molecular formula is C17H22N2O3S. The molecule has 6 heteroatoms. The van der Waals surface area contributed by atoms with Crippen LogP contribution in [0.3, 0.4) is 0 Å². The lowest BCUT2D eigenvalue weighted by molar-refractivity contribution is 0.103. The number of nitrogens with zero attached hydrogens (tertiary/aromatic N) is 1. The maximum Gasteiger partial charge on any atom is 0.267 e. The van der Waals surface area contributed by atoms with Crippen molar-refractivity contribution in [2.24, 2.45) is 5.92 Å².